The van der Waals surface area contributed by atoms with E-state index in [0.717, 1.165) is 25.1 Å². The minimum Gasteiger partial charge on any atom is -0.314 e. The van der Waals surface area contributed by atoms with Crippen molar-refractivity contribution in [3.05, 3.63) is 34.9 Å². The van der Waals surface area contributed by atoms with Gasteiger partial charge in [0.25, 0.3) is 0 Å². The molecule has 3 heteroatoms. The van der Waals surface area contributed by atoms with Crippen LogP contribution in [0, 0.1) is 13.8 Å². The molecular weight excluding hydrogens is 266 g/mol. The maximum atomic E-state index is 12.1. The molecule has 0 aliphatic rings. The highest BCUT2D eigenvalue weighted by molar-refractivity contribution is 7.84. The second-order valence-electron chi connectivity index (χ2n) is 5.78. The predicted octanol–water partition coefficient (Wildman–Crippen LogP) is 3.72. The van der Waals surface area contributed by atoms with Crippen molar-refractivity contribution in [2.75, 3.05) is 12.3 Å². The van der Waals surface area contributed by atoms with Gasteiger partial charge in [-0.2, -0.15) is 0 Å². The Hall–Kier alpha value is -0.670. The van der Waals surface area contributed by atoms with Gasteiger partial charge in [0.05, 0.1) is 0 Å². The number of hydrogen-bond acceptors (Lipinski definition) is 2. The Bertz CT molecular complexity index is 411. The van der Waals surface area contributed by atoms with Gasteiger partial charge in [-0.3, -0.25) is 4.21 Å². The van der Waals surface area contributed by atoms with E-state index in [4.69, 9.17) is 0 Å². The van der Waals surface area contributed by atoms with Crippen LogP contribution in [0.2, 0.25) is 0 Å². The predicted molar refractivity (Wildman–Crippen MR) is 89.6 cm³/mol. The van der Waals surface area contributed by atoms with E-state index in [1.165, 1.54) is 23.1 Å². The van der Waals surface area contributed by atoms with E-state index in [9.17, 15) is 4.21 Å². The summed E-state index contributed by atoms with van der Waals surface area (Å²) >= 11 is 0. The molecule has 0 saturated carbocycles. The Morgan fingerprint density at radius 1 is 1.20 bits per heavy atom. The van der Waals surface area contributed by atoms with E-state index in [2.05, 4.69) is 51.2 Å². The quantitative estimate of drug-likeness (QED) is 0.752. The SMILES string of the molecule is CCCNC(C)CCCS(=O)Cc1cc(C)cc(C)c1. The zero-order valence-corrected chi connectivity index (χ0v) is 14.2. The fraction of sp³-hybridized carbons (Fsp3) is 0.647. The molecule has 1 aromatic carbocycles. The van der Waals surface area contributed by atoms with Crippen molar-refractivity contribution in [1.82, 2.24) is 5.32 Å². The fourth-order valence-electron chi connectivity index (χ4n) is 2.45. The smallest absolute Gasteiger partial charge is 0.0485 e. The van der Waals surface area contributed by atoms with Gasteiger partial charge in [0.1, 0.15) is 0 Å². The summed E-state index contributed by atoms with van der Waals surface area (Å²) in [5, 5.41) is 3.47. The first kappa shape index (κ1) is 17.4. The molecule has 0 amide bonds. The zero-order chi connectivity index (χ0) is 15.0. The summed E-state index contributed by atoms with van der Waals surface area (Å²) in [5.41, 5.74) is 3.72. The van der Waals surface area contributed by atoms with Crippen molar-refractivity contribution in [3.8, 4) is 0 Å². The van der Waals surface area contributed by atoms with Crippen LogP contribution in [0.15, 0.2) is 18.2 Å². The molecular formula is C17H29NOS. The number of nitrogens with one attached hydrogen (secondary N) is 1. The fourth-order valence-corrected chi connectivity index (χ4v) is 3.63. The maximum Gasteiger partial charge on any atom is 0.0485 e. The first-order valence-corrected chi connectivity index (χ1v) is 9.15. The lowest BCUT2D eigenvalue weighted by Gasteiger charge is -2.12. The van der Waals surface area contributed by atoms with Crippen molar-refractivity contribution < 1.29 is 4.21 Å². The topological polar surface area (TPSA) is 29.1 Å². The molecule has 0 saturated heterocycles. The number of hydrogen-bond donors (Lipinski definition) is 1. The van der Waals surface area contributed by atoms with Gasteiger partial charge in [-0.25, -0.2) is 0 Å². The van der Waals surface area contributed by atoms with Crippen molar-refractivity contribution in [2.45, 2.75) is 58.8 Å². The first-order chi connectivity index (χ1) is 9.51. The van der Waals surface area contributed by atoms with Crippen LogP contribution >= 0.6 is 0 Å². The number of benzene rings is 1. The second-order valence-corrected chi connectivity index (χ2v) is 7.36. The highest BCUT2D eigenvalue weighted by Crippen LogP contribution is 2.11. The molecule has 0 fully saturated rings. The number of rotatable bonds is 9. The molecule has 0 bridgehead atoms. The van der Waals surface area contributed by atoms with Crippen LogP contribution in [0.5, 0.6) is 0 Å². The molecule has 2 atom stereocenters. The van der Waals surface area contributed by atoms with Crippen molar-refractivity contribution in [1.29, 1.82) is 0 Å². The Kier molecular flexibility index (Phi) is 8.08. The van der Waals surface area contributed by atoms with E-state index >= 15 is 0 Å². The lowest BCUT2D eigenvalue weighted by Crippen LogP contribution is -2.26. The van der Waals surface area contributed by atoms with Gasteiger partial charge >= 0.3 is 0 Å². The summed E-state index contributed by atoms with van der Waals surface area (Å²) in [5.74, 6) is 1.50. The minimum absolute atomic E-state index is 0.535. The van der Waals surface area contributed by atoms with Crippen LogP contribution in [0.25, 0.3) is 0 Å². The Balaban J connectivity index is 2.29. The highest BCUT2D eigenvalue weighted by Gasteiger charge is 2.05. The van der Waals surface area contributed by atoms with Gasteiger partial charge in [-0.15, -0.1) is 0 Å². The van der Waals surface area contributed by atoms with Crippen LogP contribution < -0.4 is 5.32 Å². The van der Waals surface area contributed by atoms with Gasteiger partial charge in [-0.1, -0.05) is 36.2 Å². The highest BCUT2D eigenvalue weighted by atomic mass is 32.2. The normalized spacial score (nSPS) is 14.2. The summed E-state index contributed by atoms with van der Waals surface area (Å²) < 4.78 is 12.1. The molecule has 2 unspecified atom stereocenters. The average molecular weight is 295 g/mol. The van der Waals surface area contributed by atoms with E-state index in [0.29, 0.717) is 11.8 Å². The third kappa shape index (κ3) is 7.20. The third-order valence-corrected chi connectivity index (χ3v) is 4.76. The van der Waals surface area contributed by atoms with Crippen molar-refractivity contribution in [2.24, 2.45) is 0 Å². The number of aryl methyl sites for hydroxylation is 2. The van der Waals surface area contributed by atoms with Crippen molar-refractivity contribution in [3.63, 3.8) is 0 Å². The molecule has 2 nitrogen and oxygen atoms in total. The zero-order valence-electron chi connectivity index (χ0n) is 13.4. The van der Waals surface area contributed by atoms with Crippen LogP contribution in [0.1, 0.15) is 49.8 Å². The van der Waals surface area contributed by atoms with Gasteiger partial charge in [0, 0.05) is 28.3 Å². The lowest BCUT2D eigenvalue weighted by atomic mass is 10.1. The van der Waals surface area contributed by atoms with Crippen LogP contribution in [0.3, 0.4) is 0 Å². The van der Waals surface area contributed by atoms with Crippen LogP contribution in [0.4, 0.5) is 0 Å². The molecule has 0 aliphatic carbocycles. The van der Waals surface area contributed by atoms with E-state index < -0.39 is 10.8 Å². The van der Waals surface area contributed by atoms with Gasteiger partial charge in [-0.05, 0) is 52.1 Å². The average Bonchev–Trinajstić information content (AvgIpc) is 2.35. The molecule has 0 radical (unpaired) electrons. The lowest BCUT2D eigenvalue weighted by molar-refractivity contribution is 0.509. The van der Waals surface area contributed by atoms with E-state index in [1.54, 1.807) is 0 Å². The summed E-state index contributed by atoms with van der Waals surface area (Å²) in [7, 11) is -0.737. The summed E-state index contributed by atoms with van der Waals surface area (Å²) in [6.07, 6.45) is 3.32. The molecule has 0 heterocycles. The molecule has 1 aromatic rings. The maximum absolute atomic E-state index is 12.1. The first-order valence-electron chi connectivity index (χ1n) is 7.66. The van der Waals surface area contributed by atoms with Crippen molar-refractivity contribution >= 4 is 10.8 Å². The molecule has 1 N–H and O–H groups in total. The molecule has 20 heavy (non-hydrogen) atoms. The molecule has 0 spiro atoms. The Morgan fingerprint density at radius 2 is 1.85 bits per heavy atom. The largest absolute Gasteiger partial charge is 0.314 e. The molecule has 1 rings (SSSR count). The summed E-state index contributed by atoms with van der Waals surface area (Å²) in [6, 6.07) is 6.99. The molecule has 0 aromatic heterocycles. The monoisotopic (exact) mass is 295 g/mol. The summed E-state index contributed by atoms with van der Waals surface area (Å²) in [6.45, 7) is 9.66. The van der Waals surface area contributed by atoms with E-state index in [1.807, 2.05) is 0 Å². The van der Waals surface area contributed by atoms with E-state index in [-0.39, 0.29) is 0 Å². The third-order valence-electron chi connectivity index (χ3n) is 3.36. The Labute approximate surface area is 126 Å². The second kappa shape index (κ2) is 9.30. The van der Waals surface area contributed by atoms with Gasteiger partial charge in [0.2, 0.25) is 0 Å². The van der Waals surface area contributed by atoms with Crippen LogP contribution in [-0.4, -0.2) is 22.5 Å². The standard InChI is InChI=1S/C17H29NOS/c1-5-8-18-16(4)7-6-9-20(19)13-17-11-14(2)10-15(3)12-17/h10-12,16,18H,5-9,13H2,1-4H3. The minimum atomic E-state index is -0.737. The molecule has 0 aliphatic heterocycles. The van der Waals surface area contributed by atoms with Crippen LogP contribution in [-0.2, 0) is 16.6 Å². The summed E-state index contributed by atoms with van der Waals surface area (Å²) in [4.78, 5) is 0. The van der Waals surface area contributed by atoms with Gasteiger partial charge < -0.3 is 5.32 Å². The Morgan fingerprint density at radius 3 is 2.45 bits per heavy atom. The van der Waals surface area contributed by atoms with Gasteiger partial charge in [0.15, 0.2) is 0 Å². The molecule has 114 valence electrons.